The van der Waals surface area contributed by atoms with Crippen LogP contribution in [-0.4, -0.2) is 34.8 Å². The lowest BCUT2D eigenvalue weighted by Gasteiger charge is -2.16. The highest BCUT2D eigenvalue weighted by Gasteiger charge is 2.32. The number of primary amides is 1. The first-order valence-electron chi connectivity index (χ1n) is 7.04. The van der Waals surface area contributed by atoms with Gasteiger partial charge in [-0.25, -0.2) is 0 Å². The molecule has 108 valence electrons. The van der Waals surface area contributed by atoms with E-state index in [0.29, 0.717) is 13.1 Å². The van der Waals surface area contributed by atoms with Gasteiger partial charge in [0, 0.05) is 31.1 Å². The lowest BCUT2D eigenvalue weighted by Crippen LogP contribution is -2.30. The minimum atomic E-state index is -0.386. The van der Waals surface area contributed by atoms with E-state index in [0.717, 1.165) is 22.9 Å². The van der Waals surface area contributed by atoms with E-state index < -0.39 is 0 Å². The Labute approximate surface area is 122 Å². The van der Waals surface area contributed by atoms with Crippen molar-refractivity contribution >= 4 is 22.7 Å². The summed E-state index contributed by atoms with van der Waals surface area (Å²) in [7, 11) is 0. The fourth-order valence-electron chi connectivity index (χ4n) is 2.72. The summed E-state index contributed by atoms with van der Waals surface area (Å²) in [5.74, 6) is -0.706. The number of rotatable bonds is 4. The summed E-state index contributed by atoms with van der Waals surface area (Å²) in [4.78, 5) is 29.0. The summed E-state index contributed by atoms with van der Waals surface area (Å²) in [6, 6.07) is 10.0. The molecule has 1 atom stereocenters. The largest absolute Gasteiger partial charge is 0.369 e. The predicted octanol–water partition coefficient (Wildman–Crippen LogP) is 1.11. The maximum absolute atomic E-state index is 11.8. The van der Waals surface area contributed by atoms with Gasteiger partial charge in [0.1, 0.15) is 0 Å². The topological polar surface area (TPSA) is 76.3 Å². The highest BCUT2D eigenvalue weighted by molar-refractivity contribution is 5.88. The lowest BCUT2D eigenvalue weighted by molar-refractivity contribution is -0.128. The van der Waals surface area contributed by atoms with Gasteiger partial charge in [0.15, 0.2) is 0 Å². The van der Waals surface area contributed by atoms with Crippen molar-refractivity contribution in [3.8, 4) is 0 Å². The predicted molar refractivity (Wildman–Crippen MR) is 79.3 cm³/mol. The zero-order chi connectivity index (χ0) is 14.8. The van der Waals surface area contributed by atoms with Crippen LogP contribution >= 0.6 is 0 Å². The van der Waals surface area contributed by atoms with E-state index in [2.05, 4.69) is 11.1 Å². The molecule has 2 N–H and O–H groups in total. The van der Waals surface area contributed by atoms with Crippen molar-refractivity contribution < 1.29 is 9.59 Å². The first-order chi connectivity index (χ1) is 10.1. The van der Waals surface area contributed by atoms with Crippen LogP contribution in [0, 0.1) is 5.92 Å². The van der Waals surface area contributed by atoms with E-state index in [-0.39, 0.29) is 24.2 Å². The van der Waals surface area contributed by atoms with Crippen LogP contribution in [0.5, 0.6) is 0 Å². The molecule has 2 amide bonds. The number of hydrogen-bond acceptors (Lipinski definition) is 3. The monoisotopic (exact) mass is 283 g/mol. The van der Waals surface area contributed by atoms with E-state index in [1.807, 2.05) is 24.3 Å². The van der Waals surface area contributed by atoms with Gasteiger partial charge in [-0.2, -0.15) is 0 Å². The van der Waals surface area contributed by atoms with Crippen molar-refractivity contribution in [3.63, 3.8) is 0 Å². The molecule has 2 heterocycles. The third-order valence-corrected chi connectivity index (χ3v) is 3.95. The molecule has 0 radical (unpaired) electrons. The molecule has 1 aliphatic heterocycles. The van der Waals surface area contributed by atoms with Crippen LogP contribution in [-0.2, 0) is 16.0 Å². The van der Waals surface area contributed by atoms with Crippen molar-refractivity contribution in [3.05, 3.63) is 42.1 Å². The molecule has 0 spiro atoms. The minimum Gasteiger partial charge on any atom is -0.369 e. The molecule has 21 heavy (non-hydrogen) atoms. The molecule has 0 saturated carbocycles. The molecule has 1 aromatic heterocycles. The van der Waals surface area contributed by atoms with Crippen LogP contribution in [0.25, 0.3) is 10.9 Å². The van der Waals surface area contributed by atoms with E-state index in [1.54, 1.807) is 11.1 Å². The Hall–Kier alpha value is -2.43. The van der Waals surface area contributed by atoms with E-state index >= 15 is 0 Å². The van der Waals surface area contributed by atoms with Crippen LogP contribution in [0.4, 0.5) is 0 Å². The Morgan fingerprint density at radius 3 is 3.00 bits per heavy atom. The molecule has 1 unspecified atom stereocenters. The Morgan fingerprint density at radius 1 is 1.38 bits per heavy atom. The average molecular weight is 283 g/mol. The summed E-state index contributed by atoms with van der Waals surface area (Å²) >= 11 is 0. The summed E-state index contributed by atoms with van der Waals surface area (Å²) in [6.45, 7) is 1.07. The number of benzene rings is 1. The zero-order valence-corrected chi connectivity index (χ0v) is 11.7. The SMILES string of the molecule is NC(=O)C1CC(=O)N(CCc2ccc3ncccc3c2)C1. The Kier molecular flexibility index (Phi) is 3.56. The zero-order valence-electron chi connectivity index (χ0n) is 11.7. The van der Waals surface area contributed by atoms with Gasteiger partial charge in [-0.3, -0.25) is 14.6 Å². The number of amides is 2. The third-order valence-electron chi connectivity index (χ3n) is 3.95. The Bertz CT molecular complexity index is 699. The smallest absolute Gasteiger partial charge is 0.223 e. The van der Waals surface area contributed by atoms with Crippen LogP contribution in [0.1, 0.15) is 12.0 Å². The second-order valence-electron chi connectivity index (χ2n) is 5.42. The molecule has 2 aromatic rings. The number of likely N-dealkylation sites (tertiary alicyclic amines) is 1. The van der Waals surface area contributed by atoms with E-state index in [4.69, 9.17) is 5.73 Å². The highest BCUT2D eigenvalue weighted by Crippen LogP contribution is 2.19. The first kappa shape index (κ1) is 13.5. The van der Waals surface area contributed by atoms with Gasteiger partial charge in [-0.15, -0.1) is 0 Å². The summed E-state index contributed by atoms with van der Waals surface area (Å²) < 4.78 is 0. The lowest BCUT2D eigenvalue weighted by atomic mass is 10.1. The fraction of sp³-hybridized carbons (Fsp3) is 0.312. The maximum atomic E-state index is 11.8. The molecule has 0 aliphatic carbocycles. The van der Waals surface area contributed by atoms with Crippen LogP contribution in [0.2, 0.25) is 0 Å². The third kappa shape index (κ3) is 2.86. The number of fused-ring (bicyclic) bond motifs is 1. The van der Waals surface area contributed by atoms with Crippen LogP contribution in [0.15, 0.2) is 36.5 Å². The Balaban J connectivity index is 1.66. The van der Waals surface area contributed by atoms with Crippen molar-refractivity contribution in [2.75, 3.05) is 13.1 Å². The van der Waals surface area contributed by atoms with Gasteiger partial charge in [0.2, 0.25) is 11.8 Å². The van der Waals surface area contributed by atoms with Gasteiger partial charge in [0.05, 0.1) is 11.4 Å². The highest BCUT2D eigenvalue weighted by atomic mass is 16.2. The maximum Gasteiger partial charge on any atom is 0.223 e. The number of hydrogen-bond donors (Lipinski definition) is 1. The van der Waals surface area contributed by atoms with Crippen molar-refractivity contribution in [1.29, 1.82) is 0 Å². The number of carbonyl (C=O) groups is 2. The van der Waals surface area contributed by atoms with Crippen LogP contribution in [0.3, 0.4) is 0 Å². The number of pyridine rings is 1. The number of nitrogens with two attached hydrogens (primary N) is 1. The summed E-state index contributed by atoms with van der Waals surface area (Å²) in [5.41, 5.74) is 7.39. The van der Waals surface area contributed by atoms with E-state index in [1.165, 1.54) is 0 Å². The number of nitrogens with zero attached hydrogens (tertiary/aromatic N) is 2. The molecular formula is C16H17N3O2. The van der Waals surface area contributed by atoms with Crippen molar-refractivity contribution in [2.45, 2.75) is 12.8 Å². The van der Waals surface area contributed by atoms with E-state index in [9.17, 15) is 9.59 Å². The van der Waals surface area contributed by atoms with Crippen molar-refractivity contribution in [2.24, 2.45) is 11.7 Å². The Morgan fingerprint density at radius 2 is 2.24 bits per heavy atom. The molecule has 1 fully saturated rings. The van der Waals surface area contributed by atoms with Gasteiger partial charge in [-0.1, -0.05) is 12.1 Å². The molecule has 1 aromatic carbocycles. The summed E-state index contributed by atoms with van der Waals surface area (Å²) in [6.07, 6.45) is 2.79. The van der Waals surface area contributed by atoms with Gasteiger partial charge < -0.3 is 10.6 Å². The molecule has 1 aliphatic rings. The molecule has 1 saturated heterocycles. The first-order valence-corrected chi connectivity index (χ1v) is 7.04. The minimum absolute atomic E-state index is 0.0151. The van der Waals surface area contributed by atoms with Gasteiger partial charge >= 0.3 is 0 Å². The number of carbonyl (C=O) groups excluding carboxylic acids is 2. The molecule has 0 bridgehead atoms. The fourth-order valence-corrected chi connectivity index (χ4v) is 2.72. The van der Waals surface area contributed by atoms with Gasteiger partial charge in [-0.05, 0) is 30.2 Å². The average Bonchev–Trinajstić information content (AvgIpc) is 2.86. The van der Waals surface area contributed by atoms with Crippen LogP contribution < -0.4 is 5.73 Å². The molecular weight excluding hydrogens is 266 g/mol. The normalized spacial score (nSPS) is 18.4. The van der Waals surface area contributed by atoms with Crippen molar-refractivity contribution in [1.82, 2.24) is 9.88 Å². The second-order valence-corrected chi connectivity index (χ2v) is 5.42. The summed E-state index contributed by atoms with van der Waals surface area (Å²) in [5, 5.41) is 1.10. The molecule has 5 heteroatoms. The molecule has 3 rings (SSSR count). The number of aromatic nitrogens is 1. The quantitative estimate of drug-likeness (QED) is 0.913. The van der Waals surface area contributed by atoms with Gasteiger partial charge in [0.25, 0.3) is 0 Å². The standard InChI is InChI=1S/C16H17N3O2/c17-16(21)13-9-15(20)19(10-13)7-5-11-3-4-14-12(8-11)2-1-6-18-14/h1-4,6,8,13H,5,7,9-10H2,(H2,17,21). The second kappa shape index (κ2) is 5.52. The molecule has 5 nitrogen and oxygen atoms in total.